The van der Waals surface area contributed by atoms with Crippen LogP contribution >= 0.6 is 15.9 Å². The van der Waals surface area contributed by atoms with Crippen molar-refractivity contribution < 1.29 is 0 Å². The molecule has 4 nitrogen and oxygen atoms in total. The first-order valence-electron chi connectivity index (χ1n) is 6.50. The molecule has 1 N–H and O–H groups in total. The lowest BCUT2D eigenvalue weighted by molar-refractivity contribution is 0.565. The fraction of sp³-hybridized carbons (Fsp3) is 0.200. The summed E-state index contributed by atoms with van der Waals surface area (Å²) in [5.74, 6) is 0. The second-order valence-corrected chi connectivity index (χ2v) is 5.51. The molecule has 20 heavy (non-hydrogen) atoms. The highest BCUT2D eigenvalue weighted by molar-refractivity contribution is 9.10. The Balaban J connectivity index is 1.75. The average Bonchev–Trinajstić information content (AvgIpc) is 2.88. The normalized spacial score (nSPS) is 12.7. The van der Waals surface area contributed by atoms with E-state index in [1.165, 1.54) is 5.56 Å². The standard InChI is InChI=1S/C15H15BrN4/c1-11(12-5-3-2-4-6-12)17-7-13-8-19-15-9-18-14(16)10-20(13)15/h2-6,8-11,17H,7H2,1H3. The van der Waals surface area contributed by atoms with E-state index in [0.29, 0.717) is 6.04 Å². The molecule has 0 spiro atoms. The lowest BCUT2D eigenvalue weighted by atomic mass is 10.1. The number of aromatic nitrogens is 3. The maximum atomic E-state index is 4.35. The van der Waals surface area contributed by atoms with E-state index in [1.807, 2.05) is 22.9 Å². The zero-order chi connectivity index (χ0) is 13.9. The maximum Gasteiger partial charge on any atom is 0.155 e. The van der Waals surface area contributed by atoms with Gasteiger partial charge in [-0.15, -0.1) is 0 Å². The number of benzene rings is 1. The van der Waals surface area contributed by atoms with Crippen LogP contribution in [0.3, 0.4) is 0 Å². The quantitative estimate of drug-likeness (QED) is 0.797. The predicted octanol–water partition coefficient (Wildman–Crippen LogP) is 3.34. The van der Waals surface area contributed by atoms with E-state index in [2.05, 4.69) is 62.4 Å². The second kappa shape index (κ2) is 5.73. The lowest BCUT2D eigenvalue weighted by Gasteiger charge is -2.13. The number of hydrogen-bond donors (Lipinski definition) is 1. The largest absolute Gasteiger partial charge is 0.305 e. The molecular weight excluding hydrogens is 316 g/mol. The summed E-state index contributed by atoms with van der Waals surface area (Å²) in [6, 6.07) is 10.7. The summed E-state index contributed by atoms with van der Waals surface area (Å²) in [5, 5.41) is 3.52. The van der Waals surface area contributed by atoms with Gasteiger partial charge in [-0.05, 0) is 28.4 Å². The van der Waals surface area contributed by atoms with Crippen LogP contribution in [0.5, 0.6) is 0 Å². The fourth-order valence-corrected chi connectivity index (χ4v) is 2.47. The Morgan fingerprint density at radius 1 is 1.20 bits per heavy atom. The Labute approximate surface area is 126 Å². The van der Waals surface area contributed by atoms with Crippen molar-refractivity contribution in [2.45, 2.75) is 19.5 Å². The van der Waals surface area contributed by atoms with Crippen molar-refractivity contribution in [3.8, 4) is 0 Å². The number of hydrogen-bond acceptors (Lipinski definition) is 3. The van der Waals surface area contributed by atoms with Crippen LogP contribution in [0.25, 0.3) is 5.65 Å². The Bertz CT molecular complexity index is 708. The fourth-order valence-electron chi connectivity index (χ4n) is 2.16. The number of halogens is 1. The topological polar surface area (TPSA) is 42.2 Å². The molecule has 0 fully saturated rings. The smallest absolute Gasteiger partial charge is 0.155 e. The first-order valence-corrected chi connectivity index (χ1v) is 7.29. The zero-order valence-corrected chi connectivity index (χ0v) is 12.7. The summed E-state index contributed by atoms with van der Waals surface area (Å²) in [4.78, 5) is 8.53. The van der Waals surface area contributed by atoms with Gasteiger partial charge < -0.3 is 5.32 Å². The minimum Gasteiger partial charge on any atom is -0.305 e. The lowest BCUT2D eigenvalue weighted by Crippen LogP contribution is -2.18. The van der Waals surface area contributed by atoms with Crippen LogP contribution in [0.15, 0.2) is 53.5 Å². The van der Waals surface area contributed by atoms with Gasteiger partial charge in [0.25, 0.3) is 0 Å². The minimum absolute atomic E-state index is 0.298. The van der Waals surface area contributed by atoms with Gasteiger partial charge in [0.15, 0.2) is 5.65 Å². The SMILES string of the molecule is CC(NCc1cnc2cnc(Br)cn12)c1ccccc1. The molecule has 1 atom stereocenters. The Kier molecular flexibility index (Phi) is 3.80. The van der Waals surface area contributed by atoms with Crippen LogP contribution in [0.1, 0.15) is 24.2 Å². The molecule has 0 aliphatic carbocycles. The van der Waals surface area contributed by atoms with Crippen LogP contribution < -0.4 is 5.32 Å². The van der Waals surface area contributed by atoms with Gasteiger partial charge in [-0.25, -0.2) is 9.97 Å². The van der Waals surface area contributed by atoms with Gasteiger partial charge in [0, 0.05) is 18.8 Å². The summed E-state index contributed by atoms with van der Waals surface area (Å²) in [6.45, 7) is 2.92. The third-order valence-electron chi connectivity index (χ3n) is 3.33. The Morgan fingerprint density at radius 3 is 2.80 bits per heavy atom. The van der Waals surface area contributed by atoms with Gasteiger partial charge in [-0.2, -0.15) is 0 Å². The van der Waals surface area contributed by atoms with Crippen molar-refractivity contribution >= 4 is 21.6 Å². The molecule has 1 unspecified atom stereocenters. The Morgan fingerprint density at radius 2 is 2.00 bits per heavy atom. The molecular formula is C15H15BrN4. The molecule has 2 heterocycles. The monoisotopic (exact) mass is 330 g/mol. The maximum absolute atomic E-state index is 4.35. The number of rotatable bonds is 4. The van der Waals surface area contributed by atoms with Gasteiger partial charge in [-0.1, -0.05) is 30.3 Å². The van der Waals surface area contributed by atoms with Gasteiger partial charge >= 0.3 is 0 Å². The first kappa shape index (κ1) is 13.3. The third kappa shape index (κ3) is 2.73. The van der Waals surface area contributed by atoms with Gasteiger partial charge in [0.1, 0.15) is 4.60 Å². The van der Waals surface area contributed by atoms with E-state index in [-0.39, 0.29) is 0 Å². The van der Waals surface area contributed by atoms with E-state index in [1.54, 1.807) is 6.20 Å². The average molecular weight is 331 g/mol. The third-order valence-corrected chi connectivity index (χ3v) is 3.74. The van der Waals surface area contributed by atoms with E-state index in [0.717, 1.165) is 22.5 Å². The molecule has 2 aromatic heterocycles. The summed E-state index contributed by atoms with van der Waals surface area (Å²) in [5.41, 5.74) is 3.26. The van der Waals surface area contributed by atoms with Crippen LogP contribution in [0, 0.1) is 0 Å². The molecule has 0 aliphatic heterocycles. The van der Waals surface area contributed by atoms with Crippen LogP contribution in [-0.4, -0.2) is 14.4 Å². The molecule has 0 bridgehead atoms. The molecule has 5 heteroatoms. The predicted molar refractivity (Wildman–Crippen MR) is 82.4 cm³/mol. The number of nitrogens with zero attached hydrogens (tertiary/aromatic N) is 3. The van der Waals surface area contributed by atoms with E-state index >= 15 is 0 Å². The van der Waals surface area contributed by atoms with Crippen molar-refractivity contribution in [3.63, 3.8) is 0 Å². The molecule has 0 amide bonds. The molecule has 102 valence electrons. The number of imidazole rings is 1. The van der Waals surface area contributed by atoms with Crippen molar-refractivity contribution in [1.82, 2.24) is 19.7 Å². The van der Waals surface area contributed by atoms with E-state index in [4.69, 9.17) is 0 Å². The molecule has 0 saturated carbocycles. The first-order chi connectivity index (χ1) is 9.74. The van der Waals surface area contributed by atoms with Crippen molar-refractivity contribution in [1.29, 1.82) is 0 Å². The van der Waals surface area contributed by atoms with Gasteiger partial charge in [-0.3, -0.25) is 4.40 Å². The number of fused-ring (bicyclic) bond motifs is 1. The highest BCUT2D eigenvalue weighted by Crippen LogP contribution is 2.14. The van der Waals surface area contributed by atoms with Crippen LogP contribution in [-0.2, 0) is 6.54 Å². The van der Waals surface area contributed by atoms with Crippen molar-refractivity contribution in [2.24, 2.45) is 0 Å². The van der Waals surface area contributed by atoms with E-state index in [9.17, 15) is 0 Å². The summed E-state index contributed by atoms with van der Waals surface area (Å²) >= 11 is 3.39. The minimum atomic E-state index is 0.298. The highest BCUT2D eigenvalue weighted by Gasteiger charge is 2.07. The molecule has 3 aromatic rings. The molecule has 0 aliphatic rings. The summed E-state index contributed by atoms with van der Waals surface area (Å²) in [6.07, 6.45) is 5.58. The van der Waals surface area contributed by atoms with Crippen LogP contribution in [0.4, 0.5) is 0 Å². The highest BCUT2D eigenvalue weighted by atomic mass is 79.9. The molecule has 0 radical (unpaired) electrons. The molecule has 1 aromatic carbocycles. The van der Waals surface area contributed by atoms with Crippen molar-refractivity contribution in [3.05, 3.63) is 64.8 Å². The zero-order valence-electron chi connectivity index (χ0n) is 11.1. The van der Waals surface area contributed by atoms with E-state index < -0.39 is 0 Å². The summed E-state index contributed by atoms with van der Waals surface area (Å²) < 4.78 is 2.85. The molecule has 0 saturated heterocycles. The number of nitrogens with one attached hydrogen (secondary N) is 1. The van der Waals surface area contributed by atoms with Crippen molar-refractivity contribution in [2.75, 3.05) is 0 Å². The van der Waals surface area contributed by atoms with Crippen LogP contribution in [0.2, 0.25) is 0 Å². The molecule has 3 rings (SSSR count). The summed E-state index contributed by atoms with van der Waals surface area (Å²) in [7, 11) is 0. The van der Waals surface area contributed by atoms with Gasteiger partial charge in [0.2, 0.25) is 0 Å². The second-order valence-electron chi connectivity index (χ2n) is 4.70. The Hall–Kier alpha value is -1.72. The van der Waals surface area contributed by atoms with Gasteiger partial charge in [0.05, 0.1) is 18.1 Å².